The van der Waals surface area contributed by atoms with Gasteiger partial charge in [-0.1, -0.05) is 55.6 Å². The number of rotatable bonds is 9. The van der Waals surface area contributed by atoms with Crippen molar-refractivity contribution in [2.24, 2.45) is 0 Å². The number of carbonyl (C=O) groups excluding carboxylic acids is 1. The van der Waals surface area contributed by atoms with Crippen LogP contribution in [0.5, 0.6) is 0 Å². The van der Waals surface area contributed by atoms with Crippen molar-refractivity contribution in [3.8, 4) is 0 Å². The molecule has 2 aromatic rings. The van der Waals surface area contributed by atoms with Crippen LogP contribution in [0.25, 0.3) is 0 Å². The number of benzene rings is 2. The minimum atomic E-state index is -3.91. The second-order valence-electron chi connectivity index (χ2n) is 6.27. The molecule has 0 fully saturated rings. The summed E-state index contributed by atoms with van der Waals surface area (Å²) in [4.78, 5) is 12.5. The number of sulfonamides is 1. The second kappa shape index (κ2) is 9.76. The summed E-state index contributed by atoms with van der Waals surface area (Å²) in [6.45, 7) is 4.05. The number of nitrogens with zero attached hydrogens (tertiary/aromatic N) is 1. The third-order valence-electron chi connectivity index (χ3n) is 4.23. The van der Waals surface area contributed by atoms with E-state index in [1.54, 1.807) is 43.3 Å². The van der Waals surface area contributed by atoms with Crippen molar-refractivity contribution in [1.82, 2.24) is 5.32 Å². The highest BCUT2D eigenvalue weighted by atomic mass is 35.5. The van der Waals surface area contributed by atoms with Crippen LogP contribution < -0.4 is 9.62 Å². The maximum Gasteiger partial charge on any atom is 0.264 e. The second-order valence-corrected chi connectivity index (χ2v) is 8.54. The third-order valence-corrected chi connectivity index (χ3v) is 6.41. The van der Waals surface area contributed by atoms with Gasteiger partial charge in [0.05, 0.1) is 10.6 Å². The smallest absolute Gasteiger partial charge is 0.264 e. The molecule has 5 nitrogen and oxygen atoms in total. The normalized spacial score (nSPS) is 11.2. The lowest BCUT2D eigenvalue weighted by Gasteiger charge is -2.26. The van der Waals surface area contributed by atoms with Crippen LogP contribution in [0.1, 0.15) is 31.7 Å². The minimum absolute atomic E-state index is 0.128. The maximum absolute atomic E-state index is 13.2. The molecule has 0 radical (unpaired) electrons. The molecule has 2 rings (SSSR count). The Morgan fingerprint density at radius 2 is 1.78 bits per heavy atom. The summed E-state index contributed by atoms with van der Waals surface area (Å²) in [6, 6.07) is 13.1. The summed E-state index contributed by atoms with van der Waals surface area (Å²) in [5.41, 5.74) is 1.01. The van der Waals surface area contributed by atoms with Crippen LogP contribution in [0, 0.1) is 6.92 Å². The first-order chi connectivity index (χ1) is 12.9. The van der Waals surface area contributed by atoms with Crippen molar-refractivity contribution in [2.45, 2.75) is 38.0 Å². The summed E-state index contributed by atoms with van der Waals surface area (Å²) in [5, 5.41) is 3.25. The highest BCUT2D eigenvalue weighted by molar-refractivity contribution is 7.92. The number of amides is 1. The van der Waals surface area contributed by atoms with Gasteiger partial charge in [-0.05, 0) is 43.2 Å². The van der Waals surface area contributed by atoms with Gasteiger partial charge in [-0.25, -0.2) is 8.42 Å². The van der Waals surface area contributed by atoms with Crippen LogP contribution >= 0.6 is 11.6 Å². The fraction of sp³-hybridized carbons (Fsp3) is 0.350. The summed E-state index contributed by atoms with van der Waals surface area (Å²) in [5.74, 6) is -0.343. The number of carbonyl (C=O) groups is 1. The average Bonchev–Trinajstić information content (AvgIpc) is 2.66. The zero-order chi connectivity index (χ0) is 19.9. The van der Waals surface area contributed by atoms with Crippen molar-refractivity contribution < 1.29 is 13.2 Å². The molecule has 27 heavy (non-hydrogen) atoms. The van der Waals surface area contributed by atoms with E-state index in [0.717, 1.165) is 23.6 Å². The lowest BCUT2D eigenvalue weighted by atomic mass is 10.2. The van der Waals surface area contributed by atoms with Crippen molar-refractivity contribution >= 4 is 33.2 Å². The van der Waals surface area contributed by atoms with Gasteiger partial charge in [0, 0.05) is 11.6 Å². The Bertz CT molecular complexity index is 870. The van der Waals surface area contributed by atoms with Crippen LogP contribution in [-0.2, 0) is 14.8 Å². The van der Waals surface area contributed by atoms with Crippen LogP contribution in [0.15, 0.2) is 53.4 Å². The molecular formula is C20H25ClN2O3S. The lowest BCUT2D eigenvalue weighted by molar-refractivity contribution is -0.119. The Balaban J connectivity index is 2.35. The predicted octanol–water partition coefficient (Wildman–Crippen LogP) is 4.15. The Labute approximate surface area is 166 Å². The number of nitrogens with one attached hydrogen (secondary N) is 1. The van der Waals surface area contributed by atoms with Gasteiger partial charge in [0.2, 0.25) is 5.91 Å². The van der Waals surface area contributed by atoms with E-state index in [0.29, 0.717) is 22.8 Å². The van der Waals surface area contributed by atoms with E-state index in [1.807, 2.05) is 0 Å². The summed E-state index contributed by atoms with van der Waals surface area (Å²) >= 11 is 6.19. The van der Waals surface area contributed by atoms with Gasteiger partial charge in [0.25, 0.3) is 10.0 Å². The van der Waals surface area contributed by atoms with E-state index in [1.165, 1.54) is 12.1 Å². The summed E-state index contributed by atoms with van der Waals surface area (Å²) in [7, 11) is -3.91. The monoisotopic (exact) mass is 408 g/mol. The van der Waals surface area contributed by atoms with Crippen molar-refractivity contribution in [1.29, 1.82) is 0 Å². The first-order valence-corrected chi connectivity index (χ1v) is 10.8. The molecule has 1 N–H and O–H groups in total. The van der Waals surface area contributed by atoms with E-state index in [2.05, 4.69) is 12.2 Å². The summed E-state index contributed by atoms with van der Waals surface area (Å²) in [6.07, 6.45) is 2.93. The molecule has 0 bridgehead atoms. The zero-order valence-corrected chi connectivity index (χ0v) is 17.2. The number of hydrogen-bond donors (Lipinski definition) is 1. The van der Waals surface area contributed by atoms with Gasteiger partial charge in [-0.3, -0.25) is 9.10 Å². The molecule has 0 saturated carbocycles. The molecule has 0 aliphatic heterocycles. The van der Waals surface area contributed by atoms with Gasteiger partial charge in [-0.15, -0.1) is 0 Å². The molecule has 0 spiro atoms. The van der Waals surface area contributed by atoms with Gasteiger partial charge < -0.3 is 5.32 Å². The lowest BCUT2D eigenvalue weighted by Crippen LogP contribution is -2.41. The molecule has 0 aliphatic rings. The molecule has 2 aromatic carbocycles. The third kappa shape index (κ3) is 5.47. The SMILES string of the molecule is CCCCCNC(=O)CN(c1cccc(Cl)c1C)S(=O)(=O)c1ccccc1. The van der Waals surface area contributed by atoms with Crippen LogP contribution in [-0.4, -0.2) is 27.4 Å². The van der Waals surface area contributed by atoms with Gasteiger partial charge >= 0.3 is 0 Å². The fourth-order valence-corrected chi connectivity index (χ4v) is 4.34. The van der Waals surface area contributed by atoms with Gasteiger partial charge in [0.1, 0.15) is 6.54 Å². The molecular weight excluding hydrogens is 384 g/mol. The molecule has 0 aromatic heterocycles. The van der Waals surface area contributed by atoms with Crippen LogP contribution in [0.3, 0.4) is 0 Å². The first kappa shape index (κ1) is 21.3. The first-order valence-electron chi connectivity index (χ1n) is 8.97. The number of anilines is 1. The molecule has 0 atom stereocenters. The topological polar surface area (TPSA) is 66.5 Å². The maximum atomic E-state index is 13.2. The van der Waals surface area contributed by atoms with Crippen molar-refractivity contribution in [2.75, 3.05) is 17.4 Å². The molecule has 0 saturated heterocycles. The molecule has 0 heterocycles. The molecule has 1 amide bonds. The van der Waals surface area contributed by atoms with Crippen molar-refractivity contribution in [3.05, 3.63) is 59.1 Å². The molecule has 0 unspecified atom stereocenters. The highest BCUT2D eigenvalue weighted by Gasteiger charge is 2.28. The number of unbranched alkanes of at least 4 members (excludes halogenated alkanes) is 2. The van der Waals surface area contributed by atoms with E-state index in [4.69, 9.17) is 11.6 Å². The van der Waals surface area contributed by atoms with Gasteiger partial charge in [0.15, 0.2) is 0 Å². The van der Waals surface area contributed by atoms with Gasteiger partial charge in [-0.2, -0.15) is 0 Å². The van der Waals surface area contributed by atoms with E-state index in [-0.39, 0.29) is 17.3 Å². The van der Waals surface area contributed by atoms with Crippen LogP contribution in [0.4, 0.5) is 5.69 Å². The average molecular weight is 409 g/mol. The minimum Gasteiger partial charge on any atom is -0.355 e. The van der Waals surface area contributed by atoms with E-state index < -0.39 is 10.0 Å². The van der Waals surface area contributed by atoms with E-state index in [9.17, 15) is 13.2 Å². The largest absolute Gasteiger partial charge is 0.355 e. The Morgan fingerprint density at radius 3 is 2.44 bits per heavy atom. The summed E-state index contributed by atoms with van der Waals surface area (Å²) < 4.78 is 27.5. The predicted molar refractivity (Wildman–Crippen MR) is 110 cm³/mol. The van der Waals surface area contributed by atoms with E-state index >= 15 is 0 Å². The number of halogens is 1. The number of hydrogen-bond acceptors (Lipinski definition) is 3. The Morgan fingerprint density at radius 1 is 1.07 bits per heavy atom. The molecule has 7 heteroatoms. The van der Waals surface area contributed by atoms with Crippen LogP contribution in [0.2, 0.25) is 5.02 Å². The molecule has 0 aliphatic carbocycles. The van der Waals surface area contributed by atoms with Crippen molar-refractivity contribution in [3.63, 3.8) is 0 Å². The standard InChI is InChI=1S/C20H25ClN2O3S/c1-3-4-8-14-22-20(24)15-23(19-13-9-12-18(21)16(19)2)27(25,26)17-10-6-5-7-11-17/h5-7,9-13H,3-4,8,14-15H2,1-2H3,(H,22,24). The molecule has 146 valence electrons. The Hall–Kier alpha value is -2.05. The quantitative estimate of drug-likeness (QED) is 0.634. The Kier molecular flexibility index (Phi) is 7.68. The fourth-order valence-electron chi connectivity index (χ4n) is 2.67. The zero-order valence-electron chi connectivity index (χ0n) is 15.6. The highest BCUT2D eigenvalue weighted by Crippen LogP contribution is 2.30.